The maximum atomic E-state index is 13.2. The third kappa shape index (κ3) is 5.59. The summed E-state index contributed by atoms with van der Waals surface area (Å²) in [6.45, 7) is 3.09. The van der Waals surface area contributed by atoms with Crippen LogP contribution >= 0.6 is 15.9 Å². The van der Waals surface area contributed by atoms with Gasteiger partial charge in [0, 0.05) is 30.7 Å². The molecule has 0 aromatic heterocycles. The van der Waals surface area contributed by atoms with E-state index in [1.165, 1.54) is 33.5 Å². The van der Waals surface area contributed by atoms with Gasteiger partial charge in [0.2, 0.25) is 19.9 Å². The molecule has 1 aliphatic rings. The fourth-order valence-electron chi connectivity index (χ4n) is 3.94. The van der Waals surface area contributed by atoms with Crippen molar-refractivity contribution < 1.29 is 26.4 Å². The van der Waals surface area contributed by atoms with Crippen LogP contribution < -0.4 is 0 Å². The van der Waals surface area contributed by atoms with Crippen molar-refractivity contribution >= 4 is 52.7 Å². The van der Waals surface area contributed by atoms with E-state index in [1.807, 2.05) is 25.1 Å². The maximum Gasteiger partial charge on any atom is 0.409 e. The molecule has 1 amide bonds. The second-order valence-corrected chi connectivity index (χ2v) is 13.3. The summed E-state index contributed by atoms with van der Waals surface area (Å²) in [5.74, 6) is 0. The first kappa shape index (κ1) is 26.6. The van der Waals surface area contributed by atoms with Crippen molar-refractivity contribution in [3.8, 4) is 0 Å². The van der Waals surface area contributed by atoms with Gasteiger partial charge in [-0.15, -0.1) is 0 Å². The minimum absolute atomic E-state index is 0.00350. The summed E-state index contributed by atoms with van der Waals surface area (Å²) in [4.78, 5) is 13.8. The molecule has 0 unspecified atom stereocenters. The topological polar surface area (TPSA) is 101 Å². The van der Waals surface area contributed by atoms with Gasteiger partial charge < -0.3 is 9.64 Å². The molecule has 0 radical (unpaired) electrons. The summed E-state index contributed by atoms with van der Waals surface area (Å²) in [6.07, 6.45) is 1.26. The van der Waals surface area contributed by atoms with Crippen LogP contribution in [0.3, 0.4) is 0 Å². The van der Waals surface area contributed by atoms with Gasteiger partial charge in [0.25, 0.3) is 0 Å². The number of hydrogen-bond acceptors (Lipinski definition) is 6. The van der Waals surface area contributed by atoms with Gasteiger partial charge in [0.15, 0.2) is 0 Å². The highest BCUT2D eigenvalue weighted by atomic mass is 79.9. The highest BCUT2D eigenvalue weighted by Gasteiger charge is 2.31. The molecule has 36 heavy (non-hydrogen) atoms. The molecule has 1 heterocycles. The van der Waals surface area contributed by atoms with E-state index in [9.17, 15) is 21.6 Å². The third-order valence-corrected chi connectivity index (χ3v) is 10.2. The van der Waals surface area contributed by atoms with E-state index in [2.05, 4.69) is 15.9 Å². The molecule has 1 saturated heterocycles. The molecule has 8 nitrogen and oxygen atoms in total. The number of carbonyl (C=O) groups is 1. The number of fused-ring (bicyclic) bond motifs is 1. The number of halogens is 1. The number of benzene rings is 3. The van der Waals surface area contributed by atoms with E-state index in [0.29, 0.717) is 6.61 Å². The second-order valence-electron chi connectivity index (χ2n) is 8.49. The summed E-state index contributed by atoms with van der Waals surface area (Å²) in [5.41, 5.74) is 0. The fraction of sp³-hybridized carbons (Fsp3) is 0.320. The Bertz CT molecular complexity index is 1470. The van der Waals surface area contributed by atoms with Gasteiger partial charge >= 0.3 is 6.09 Å². The van der Waals surface area contributed by atoms with E-state index in [4.69, 9.17) is 4.74 Å². The van der Waals surface area contributed by atoms with Crippen molar-refractivity contribution in [2.75, 3.05) is 32.8 Å². The molecule has 0 aliphatic carbocycles. The van der Waals surface area contributed by atoms with Gasteiger partial charge in [0.1, 0.15) is 0 Å². The van der Waals surface area contributed by atoms with E-state index in [-0.39, 0.29) is 40.9 Å². The molecule has 3 aromatic rings. The summed E-state index contributed by atoms with van der Waals surface area (Å²) in [6, 6.07) is 15.7. The number of sulfone groups is 1. The number of nitrogens with zero attached hydrogens (tertiary/aromatic N) is 2. The number of ether oxygens (including phenoxy) is 1. The number of hydrogen-bond donors (Lipinski definition) is 0. The number of sulfonamides is 1. The molecule has 3 aromatic carbocycles. The van der Waals surface area contributed by atoms with Crippen molar-refractivity contribution in [3.05, 3.63) is 65.1 Å². The van der Waals surface area contributed by atoms with Crippen LogP contribution in [0.25, 0.3) is 10.8 Å². The standard InChI is InChI=1S/C25H27BrN2O6S2/c1-2-3-16-34-25(29)27-12-14-28(15-13-27)36(32,33)23-10-8-22(9-11-23)35(30,31)24-7-5-19-17-21(26)6-4-20(19)18-24/h4-11,17-18H,2-3,12-16H2,1H3. The Morgan fingerprint density at radius 1 is 0.833 bits per heavy atom. The van der Waals surface area contributed by atoms with Crippen LogP contribution in [-0.4, -0.2) is 64.9 Å². The molecule has 192 valence electrons. The predicted molar refractivity (Wildman–Crippen MR) is 140 cm³/mol. The lowest BCUT2D eigenvalue weighted by Gasteiger charge is -2.33. The Morgan fingerprint density at radius 3 is 2.08 bits per heavy atom. The van der Waals surface area contributed by atoms with Gasteiger partial charge in [-0.1, -0.05) is 41.4 Å². The second kappa shape index (κ2) is 10.9. The van der Waals surface area contributed by atoms with E-state index in [0.717, 1.165) is 28.1 Å². The van der Waals surface area contributed by atoms with Gasteiger partial charge in [-0.05, 0) is 65.7 Å². The van der Waals surface area contributed by atoms with Gasteiger partial charge in [-0.3, -0.25) is 0 Å². The minimum Gasteiger partial charge on any atom is -0.449 e. The van der Waals surface area contributed by atoms with Crippen LogP contribution in [0.15, 0.2) is 79.8 Å². The molecular weight excluding hydrogens is 568 g/mol. The predicted octanol–water partition coefficient (Wildman–Crippen LogP) is 4.68. The Labute approximate surface area is 219 Å². The third-order valence-electron chi connectivity index (χ3n) is 6.08. The van der Waals surface area contributed by atoms with Crippen LogP contribution in [0, 0.1) is 0 Å². The van der Waals surface area contributed by atoms with Crippen LogP contribution in [0.5, 0.6) is 0 Å². The molecule has 0 N–H and O–H groups in total. The first-order valence-corrected chi connectivity index (χ1v) is 15.3. The smallest absolute Gasteiger partial charge is 0.409 e. The number of piperazine rings is 1. The minimum atomic E-state index is -3.84. The first-order valence-electron chi connectivity index (χ1n) is 11.6. The van der Waals surface area contributed by atoms with E-state index >= 15 is 0 Å². The molecule has 0 spiro atoms. The van der Waals surface area contributed by atoms with Crippen LogP contribution in [0.2, 0.25) is 0 Å². The molecule has 0 atom stereocenters. The summed E-state index contributed by atoms with van der Waals surface area (Å²) >= 11 is 3.41. The van der Waals surface area contributed by atoms with E-state index < -0.39 is 26.0 Å². The normalized spacial score (nSPS) is 15.2. The quantitative estimate of drug-likeness (QED) is 0.368. The largest absolute Gasteiger partial charge is 0.449 e. The molecular formula is C25H27BrN2O6S2. The Kier molecular flexibility index (Phi) is 8.03. The molecule has 1 fully saturated rings. The summed E-state index contributed by atoms with van der Waals surface area (Å²) < 4.78 is 60.0. The Morgan fingerprint density at radius 2 is 1.42 bits per heavy atom. The fourth-order valence-corrected chi connectivity index (χ4v) is 7.04. The Hall–Kier alpha value is -2.47. The average Bonchev–Trinajstić information content (AvgIpc) is 2.88. The zero-order valence-corrected chi connectivity index (χ0v) is 23.0. The molecule has 1 aliphatic heterocycles. The first-order chi connectivity index (χ1) is 17.1. The van der Waals surface area contributed by atoms with Gasteiger partial charge in [-0.2, -0.15) is 4.31 Å². The number of carbonyl (C=O) groups excluding carboxylic acids is 1. The average molecular weight is 596 g/mol. The van der Waals surface area contributed by atoms with Crippen molar-refractivity contribution in [3.63, 3.8) is 0 Å². The van der Waals surface area contributed by atoms with Crippen molar-refractivity contribution in [2.24, 2.45) is 0 Å². The molecule has 11 heteroatoms. The summed E-state index contributed by atoms with van der Waals surface area (Å²) in [5, 5.41) is 1.69. The van der Waals surface area contributed by atoms with Gasteiger partial charge in [-0.25, -0.2) is 21.6 Å². The zero-order valence-electron chi connectivity index (χ0n) is 19.8. The van der Waals surface area contributed by atoms with Crippen molar-refractivity contribution in [1.29, 1.82) is 0 Å². The highest BCUT2D eigenvalue weighted by molar-refractivity contribution is 9.10. The van der Waals surface area contributed by atoms with Crippen LogP contribution in [0.1, 0.15) is 19.8 Å². The highest BCUT2D eigenvalue weighted by Crippen LogP contribution is 2.28. The summed E-state index contributed by atoms with van der Waals surface area (Å²) in [7, 11) is -7.67. The molecule has 0 bridgehead atoms. The van der Waals surface area contributed by atoms with Gasteiger partial charge in [0.05, 0.1) is 21.3 Å². The SMILES string of the molecule is CCCCOC(=O)N1CCN(S(=O)(=O)c2ccc(S(=O)(=O)c3ccc4cc(Br)ccc4c3)cc2)CC1. The lowest BCUT2D eigenvalue weighted by molar-refractivity contribution is 0.0882. The van der Waals surface area contributed by atoms with Crippen molar-refractivity contribution in [2.45, 2.75) is 34.5 Å². The molecule has 0 saturated carbocycles. The number of unbranched alkanes of at least 4 members (excludes halogenated alkanes) is 1. The lowest BCUT2D eigenvalue weighted by Crippen LogP contribution is -2.50. The van der Waals surface area contributed by atoms with Crippen LogP contribution in [-0.2, 0) is 24.6 Å². The maximum absolute atomic E-state index is 13.2. The lowest BCUT2D eigenvalue weighted by atomic mass is 10.1. The number of rotatable bonds is 7. The molecule has 4 rings (SSSR count). The monoisotopic (exact) mass is 594 g/mol. The van der Waals surface area contributed by atoms with E-state index in [1.54, 1.807) is 18.2 Å². The van der Waals surface area contributed by atoms with Crippen LogP contribution in [0.4, 0.5) is 4.79 Å². The number of amides is 1. The Balaban J connectivity index is 1.47. The zero-order chi connectivity index (χ0) is 25.9. The van der Waals surface area contributed by atoms with Crippen molar-refractivity contribution in [1.82, 2.24) is 9.21 Å².